The topological polar surface area (TPSA) is 47.0 Å². The van der Waals surface area contributed by atoms with E-state index in [0.717, 1.165) is 33.2 Å². The summed E-state index contributed by atoms with van der Waals surface area (Å²) >= 11 is 7.60. The third-order valence-electron chi connectivity index (χ3n) is 4.54. The third kappa shape index (κ3) is 3.99. The molecular formula is C24H16ClN3OS. The first kappa shape index (κ1) is 18.6. The number of ether oxygens (including phenoxy) is 1. The van der Waals surface area contributed by atoms with Crippen molar-refractivity contribution in [1.29, 1.82) is 0 Å². The van der Waals surface area contributed by atoms with Gasteiger partial charge in [0.25, 0.3) is 0 Å². The number of aromatic nitrogens is 2. The molecule has 0 amide bonds. The summed E-state index contributed by atoms with van der Waals surface area (Å²) in [6.07, 6.45) is 1.59. The van der Waals surface area contributed by atoms with Gasteiger partial charge in [0.05, 0.1) is 10.2 Å². The molecule has 5 rings (SSSR count). The summed E-state index contributed by atoms with van der Waals surface area (Å²) < 4.78 is 6.88. The minimum Gasteiger partial charge on any atom is -0.457 e. The van der Waals surface area contributed by atoms with Gasteiger partial charge in [-0.2, -0.15) is 0 Å². The molecule has 5 aromatic rings. The maximum Gasteiger partial charge on any atom is 0.151 e. The molecule has 0 bridgehead atoms. The van der Waals surface area contributed by atoms with Crippen molar-refractivity contribution in [2.24, 2.45) is 0 Å². The Morgan fingerprint density at radius 3 is 2.23 bits per heavy atom. The van der Waals surface area contributed by atoms with Crippen LogP contribution in [0.4, 0.5) is 11.5 Å². The molecule has 30 heavy (non-hydrogen) atoms. The Bertz CT molecular complexity index is 1290. The van der Waals surface area contributed by atoms with E-state index < -0.39 is 0 Å². The highest BCUT2D eigenvalue weighted by Crippen LogP contribution is 2.36. The number of fused-ring (bicyclic) bond motifs is 1. The first-order valence-electron chi connectivity index (χ1n) is 9.35. The van der Waals surface area contributed by atoms with Crippen molar-refractivity contribution >= 4 is 44.7 Å². The van der Waals surface area contributed by atoms with Gasteiger partial charge in [-0.15, -0.1) is 11.3 Å². The molecule has 0 aliphatic carbocycles. The van der Waals surface area contributed by atoms with Crippen molar-refractivity contribution in [3.63, 3.8) is 0 Å². The average molecular weight is 430 g/mol. The quantitative estimate of drug-likeness (QED) is 0.313. The molecule has 0 atom stereocenters. The molecule has 0 radical (unpaired) electrons. The van der Waals surface area contributed by atoms with Gasteiger partial charge >= 0.3 is 0 Å². The predicted molar refractivity (Wildman–Crippen MR) is 124 cm³/mol. The summed E-state index contributed by atoms with van der Waals surface area (Å²) in [6.45, 7) is 0. The fraction of sp³-hybridized carbons (Fsp3) is 0. The maximum atomic E-state index is 5.92. The number of hydrogen-bond donors (Lipinski definition) is 1. The minimum absolute atomic E-state index is 0.682. The molecule has 0 saturated carbocycles. The Morgan fingerprint density at radius 2 is 1.50 bits per heavy atom. The van der Waals surface area contributed by atoms with E-state index in [1.54, 1.807) is 29.8 Å². The number of hydrogen-bond acceptors (Lipinski definition) is 5. The Morgan fingerprint density at radius 1 is 0.800 bits per heavy atom. The van der Waals surface area contributed by atoms with E-state index in [4.69, 9.17) is 16.3 Å². The van der Waals surface area contributed by atoms with Crippen LogP contribution < -0.4 is 10.1 Å². The summed E-state index contributed by atoms with van der Waals surface area (Å²) in [5.74, 6) is 2.28. The second-order valence-corrected chi connectivity index (χ2v) is 8.11. The first-order valence-corrected chi connectivity index (χ1v) is 10.5. The fourth-order valence-electron chi connectivity index (χ4n) is 3.07. The summed E-state index contributed by atoms with van der Waals surface area (Å²) in [5, 5.41) is 4.08. The standard InChI is InChI=1S/C24H16ClN3OS/c25-17-6-10-19(11-7-17)29-20-12-8-18(9-13-20)28-24-23-21(26-15-27-24)14-22(30-23)16-4-2-1-3-5-16/h1-15H,(H,26,27,28). The van der Waals surface area contributed by atoms with Crippen LogP contribution in [0.2, 0.25) is 5.02 Å². The molecule has 0 aliphatic rings. The van der Waals surface area contributed by atoms with Crippen LogP contribution in [-0.2, 0) is 0 Å². The van der Waals surface area contributed by atoms with Crippen molar-refractivity contribution < 1.29 is 4.74 Å². The van der Waals surface area contributed by atoms with Crippen molar-refractivity contribution in [2.75, 3.05) is 5.32 Å². The van der Waals surface area contributed by atoms with Gasteiger partial charge in [-0.1, -0.05) is 41.9 Å². The monoisotopic (exact) mass is 429 g/mol. The van der Waals surface area contributed by atoms with E-state index in [1.165, 1.54) is 10.4 Å². The largest absolute Gasteiger partial charge is 0.457 e. The lowest BCUT2D eigenvalue weighted by molar-refractivity contribution is 0.483. The second-order valence-electron chi connectivity index (χ2n) is 6.62. The van der Waals surface area contributed by atoms with E-state index >= 15 is 0 Å². The summed E-state index contributed by atoms with van der Waals surface area (Å²) in [7, 11) is 0. The molecule has 2 aromatic heterocycles. The van der Waals surface area contributed by atoms with Crippen LogP contribution in [-0.4, -0.2) is 9.97 Å². The highest BCUT2D eigenvalue weighted by molar-refractivity contribution is 7.22. The number of benzene rings is 3. The lowest BCUT2D eigenvalue weighted by Crippen LogP contribution is -1.94. The molecule has 4 nitrogen and oxygen atoms in total. The molecule has 3 aromatic carbocycles. The SMILES string of the molecule is Clc1ccc(Oc2ccc(Nc3ncnc4cc(-c5ccccc5)sc34)cc2)cc1. The van der Waals surface area contributed by atoms with Crippen LogP contribution in [0.25, 0.3) is 20.7 Å². The first-order chi connectivity index (χ1) is 14.7. The summed E-state index contributed by atoms with van der Waals surface area (Å²) in [5.41, 5.74) is 3.03. The predicted octanol–water partition coefficient (Wildman–Crippen LogP) is 7.55. The van der Waals surface area contributed by atoms with Gasteiger partial charge in [-0.3, -0.25) is 0 Å². The lowest BCUT2D eigenvalue weighted by Gasteiger charge is -2.09. The summed E-state index contributed by atoms with van der Waals surface area (Å²) in [4.78, 5) is 10.0. The van der Waals surface area contributed by atoms with Gasteiger partial charge in [0.15, 0.2) is 5.82 Å². The zero-order valence-corrected chi connectivity index (χ0v) is 17.3. The smallest absolute Gasteiger partial charge is 0.151 e. The highest BCUT2D eigenvalue weighted by Gasteiger charge is 2.10. The summed E-state index contributed by atoms with van der Waals surface area (Å²) in [6, 6.07) is 27.4. The number of halogens is 1. The molecule has 2 heterocycles. The Kier molecular flexibility index (Phi) is 5.05. The molecule has 0 aliphatic heterocycles. The number of nitrogens with zero attached hydrogens (tertiary/aromatic N) is 2. The van der Waals surface area contributed by atoms with Crippen LogP contribution in [0.5, 0.6) is 11.5 Å². The lowest BCUT2D eigenvalue weighted by atomic mass is 10.2. The number of thiophene rings is 1. The average Bonchev–Trinajstić information content (AvgIpc) is 3.23. The zero-order valence-electron chi connectivity index (χ0n) is 15.7. The van der Waals surface area contributed by atoms with Gasteiger partial charge in [0.1, 0.15) is 17.8 Å². The molecular weight excluding hydrogens is 414 g/mol. The van der Waals surface area contributed by atoms with Gasteiger partial charge in [0.2, 0.25) is 0 Å². The molecule has 1 N–H and O–H groups in total. The molecule has 0 spiro atoms. The van der Waals surface area contributed by atoms with Crippen LogP contribution in [0, 0.1) is 0 Å². The van der Waals surface area contributed by atoms with Crippen LogP contribution in [0.3, 0.4) is 0 Å². The second kappa shape index (κ2) is 8.14. The van der Waals surface area contributed by atoms with Gasteiger partial charge in [0, 0.05) is 15.6 Å². The van der Waals surface area contributed by atoms with Gasteiger partial charge < -0.3 is 10.1 Å². The van der Waals surface area contributed by atoms with E-state index in [1.807, 2.05) is 54.6 Å². The fourth-order valence-corrected chi connectivity index (χ4v) is 4.26. The highest BCUT2D eigenvalue weighted by atomic mass is 35.5. The molecule has 146 valence electrons. The molecule has 0 unspecified atom stereocenters. The van der Waals surface area contributed by atoms with Gasteiger partial charge in [-0.05, 0) is 60.2 Å². The minimum atomic E-state index is 0.682. The number of rotatable bonds is 5. The molecule has 0 fully saturated rings. The normalized spacial score (nSPS) is 10.8. The Labute approximate surface area is 182 Å². The number of nitrogens with one attached hydrogen (secondary N) is 1. The number of anilines is 2. The van der Waals surface area contributed by atoms with Crippen molar-refractivity contribution in [3.8, 4) is 21.9 Å². The van der Waals surface area contributed by atoms with E-state index in [-0.39, 0.29) is 0 Å². The van der Waals surface area contributed by atoms with E-state index in [9.17, 15) is 0 Å². The van der Waals surface area contributed by atoms with Crippen molar-refractivity contribution in [2.45, 2.75) is 0 Å². The molecule has 6 heteroatoms. The molecule has 0 saturated heterocycles. The van der Waals surface area contributed by atoms with E-state index in [0.29, 0.717) is 5.02 Å². The Balaban J connectivity index is 1.37. The zero-order chi connectivity index (χ0) is 20.3. The van der Waals surface area contributed by atoms with Crippen LogP contribution >= 0.6 is 22.9 Å². The van der Waals surface area contributed by atoms with Gasteiger partial charge in [-0.25, -0.2) is 9.97 Å². The van der Waals surface area contributed by atoms with E-state index in [2.05, 4.69) is 33.5 Å². The maximum absolute atomic E-state index is 5.92. The van der Waals surface area contributed by atoms with Crippen LogP contribution in [0.1, 0.15) is 0 Å². The third-order valence-corrected chi connectivity index (χ3v) is 5.97. The van der Waals surface area contributed by atoms with Crippen molar-refractivity contribution in [1.82, 2.24) is 9.97 Å². The Hall–Kier alpha value is -3.41. The van der Waals surface area contributed by atoms with Crippen molar-refractivity contribution in [3.05, 3.63) is 96.3 Å². The van der Waals surface area contributed by atoms with Crippen LogP contribution in [0.15, 0.2) is 91.3 Å².